The van der Waals surface area contributed by atoms with Gasteiger partial charge < -0.3 is 10.1 Å². The summed E-state index contributed by atoms with van der Waals surface area (Å²) in [5.74, 6) is 0.244. The lowest BCUT2D eigenvalue weighted by atomic mass is 10.2. The molecule has 1 aromatic heterocycles. The van der Waals surface area contributed by atoms with Crippen LogP contribution in [0.5, 0.6) is 0 Å². The molecule has 0 aliphatic rings. The third-order valence-corrected chi connectivity index (χ3v) is 1.64. The van der Waals surface area contributed by atoms with Crippen LogP contribution in [0.1, 0.15) is 13.8 Å². The number of nitro groups is 1. The molecule has 0 aromatic carbocycles. The molecule has 0 amide bonds. The van der Waals surface area contributed by atoms with E-state index in [2.05, 4.69) is 5.10 Å². The van der Waals surface area contributed by atoms with Crippen LogP contribution in [0, 0.1) is 16.0 Å². The van der Waals surface area contributed by atoms with E-state index in [0.717, 1.165) is 0 Å². The molecule has 0 saturated heterocycles. The number of aromatic nitrogens is 2. The largest absolute Gasteiger partial charge is 0.358 e. The summed E-state index contributed by atoms with van der Waals surface area (Å²) in [5.41, 5.74) is 0. The van der Waals surface area contributed by atoms with Gasteiger partial charge in [-0.05, 0) is 10.8 Å². The van der Waals surface area contributed by atoms with Crippen molar-refractivity contribution in [3.05, 3.63) is 21.3 Å². The van der Waals surface area contributed by atoms with Gasteiger partial charge in [-0.15, -0.1) is 4.68 Å². The van der Waals surface area contributed by atoms with Crippen molar-refractivity contribution in [2.24, 2.45) is 5.92 Å². The summed E-state index contributed by atoms with van der Waals surface area (Å²) in [4.78, 5) is 10.0. The van der Waals surface area contributed by atoms with Crippen molar-refractivity contribution in [3.63, 3.8) is 0 Å². The van der Waals surface area contributed by atoms with E-state index in [9.17, 15) is 10.1 Å². The third-order valence-electron chi connectivity index (χ3n) is 1.45. The van der Waals surface area contributed by atoms with Crippen LogP contribution in [0.25, 0.3) is 0 Å². The molecule has 0 aliphatic carbocycles. The van der Waals surface area contributed by atoms with Crippen LogP contribution in [0.2, 0.25) is 5.15 Å². The van der Waals surface area contributed by atoms with E-state index in [1.807, 2.05) is 13.8 Å². The van der Waals surface area contributed by atoms with Crippen LogP contribution in [-0.4, -0.2) is 14.7 Å². The molecule has 0 saturated carbocycles. The highest BCUT2D eigenvalue weighted by Crippen LogP contribution is 2.18. The first kappa shape index (κ1) is 9.98. The number of rotatable bonds is 3. The van der Waals surface area contributed by atoms with E-state index in [1.54, 1.807) is 0 Å². The molecule has 13 heavy (non-hydrogen) atoms. The van der Waals surface area contributed by atoms with E-state index >= 15 is 0 Å². The first-order valence-corrected chi connectivity index (χ1v) is 4.26. The molecule has 6 heteroatoms. The Balaban J connectivity index is 2.97. The second-order valence-corrected chi connectivity index (χ2v) is 3.55. The summed E-state index contributed by atoms with van der Waals surface area (Å²) in [6.45, 7) is 4.42. The van der Waals surface area contributed by atoms with Gasteiger partial charge in [-0.25, -0.2) is 0 Å². The van der Waals surface area contributed by atoms with Crippen molar-refractivity contribution in [2.45, 2.75) is 20.4 Å². The lowest BCUT2D eigenvalue weighted by Crippen LogP contribution is -2.09. The number of hydrogen-bond donors (Lipinski definition) is 0. The molecule has 1 aromatic rings. The minimum atomic E-state index is -0.485. The number of hydrogen-bond acceptors (Lipinski definition) is 3. The maximum absolute atomic E-state index is 10.5. The molecule has 0 bridgehead atoms. The Morgan fingerprint density at radius 2 is 2.38 bits per heavy atom. The van der Waals surface area contributed by atoms with E-state index in [1.165, 1.54) is 10.7 Å². The zero-order valence-corrected chi connectivity index (χ0v) is 8.15. The highest BCUT2D eigenvalue weighted by molar-refractivity contribution is 6.29. The normalized spacial score (nSPS) is 10.8. The molecule has 5 nitrogen and oxygen atoms in total. The summed E-state index contributed by atoms with van der Waals surface area (Å²) >= 11 is 5.56. The van der Waals surface area contributed by atoms with Gasteiger partial charge in [-0.3, -0.25) is 0 Å². The first-order valence-electron chi connectivity index (χ1n) is 3.88. The van der Waals surface area contributed by atoms with Crippen LogP contribution in [0.4, 0.5) is 5.82 Å². The maximum atomic E-state index is 10.5. The molecule has 0 aliphatic heterocycles. The SMILES string of the molecule is CC(C)Cn1nc(Cl)cc1[N+](=O)[O-]. The van der Waals surface area contributed by atoms with Crippen molar-refractivity contribution in [2.75, 3.05) is 0 Å². The fraction of sp³-hybridized carbons (Fsp3) is 0.571. The van der Waals surface area contributed by atoms with Crippen molar-refractivity contribution < 1.29 is 4.92 Å². The van der Waals surface area contributed by atoms with Gasteiger partial charge in [0.2, 0.25) is 0 Å². The van der Waals surface area contributed by atoms with Crippen LogP contribution in [-0.2, 0) is 6.54 Å². The predicted molar refractivity (Wildman–Crippen MR) is 48.7 cm³/mol. The van der Waals surface area contributed by atoms with Crippen LogP contribution >= 0.6 is 11.6 Å². The van der Waals surface area contributed by atoms with Gasteiger partial charge in [0.15, 0.2) is 5.15 Å². The Morgan fingerprint density at radius 1 is 1.77 bits per heavy atom. The zero-order valence-electron chi connectivity index (χ0n) is 7.40. The van der Waals surface area contributed by atoms with Gasteiger partial charge in [0.05, 0.1) is 6.07 Å². The van der Waals surface area contributed by atoms with Gasteiger partial charge in [0.25, 0.3) is 0 Å². The van der Waals surface area contributed by atoms with Crippen molar-refractivity contribution in [3.8, 4) is 0 Å². The first-order chi connectivity index (χ1) is 6.00. The van der Waals surface area contributed by atoms with Crippen molar-refractivity contribution in [1.82, 2.24) is 9.78 Å². The van der Waals surface area contributed by atoms with Crippen LogP contribution < -0.4 is 0 Å². The smallest absolute Gasteiger partial charge is 0.346 e. The van der Waals surface area contributed by atoms with Gasteiger partial charge in [-0.1, -0.05) is 30.5 Å². The Labute approximate surface area is 80.5 Å². The standard InChI is InChI=1S/C7H10ClN3O2/c1-5(2)4-10-7(11(12)13)3-6(8)9-10/h3,5H,4H2,1-2H3. The Morgan fingerprint density at radius 3 is 2.85 bits per heavy atom. The zero-order chi connectivity index (χ0) is 10.0. The molecule has 0 spiro atoms. The highest BCUT2D eigenvalue weighted by atomic mass is 35.5. The molecular weight excluding hydrogens is 194 g/mol. The predicted octanol–water partition coefficient (Wildman–Crippen LogP) is 2.10. The lowest BCUT2D eigenvalue weighted by molar-refractivity contribution is -0.392. The quantitative estimate of drug-likeness (QED) is 0.558. The number of nitrogens with zero attached hydrogens (tertiary/aromatic N) is 3. The summed E-state index contributed by atoms with van der Waals surface area (Å²) in [5, 5.41) is 14.5. The fourth-order valence-corrected chi connectivity index (χ4v) is 1.19. The Bertz CT molecular complexity index is 322. The maximum Gasteiger partial charge on any atom is 0.346 e. The summed E-state index contributed by atoms with van der Waals surface area (Å²) in [7, 11) is 0. The van der Waals surface area contributed by atoms with Gasteiger partial charge >= 0.3 is 5.82 Å². The fourth-order valence-electron chi connectivity index (χ4n) is 1.00. The monoisotopic (exact) mass is 203 g/mol. The van der Waals surface area contributed by atoms with E-state index in [4.69, 9.17) is 11.6 Å². The van der Waals surface area contributed by atoms with Gasteiger partial charge in [0, 0.05) is 0 Å². The molecule has 72 valence electrons. The lowest BCUT2D eigenvalue weighted by Gasteiger charge is -2.01. The number of halogens is 1. The van der Waals surface area contributed by atoms with Crippen molar-refractivity contribution in [1.29, 1.82) is 0 Å². The summed E-state index contributed by atoms with van der Waals surface area (Å²) in [6, 6.07) is 1.25. The summed E-state index contributed by atoms with van der Waals surface area (Å²) < 4.78 is 1.31. The van der Waals surface area contributed by atoms with Gasteiger partial charge in [0.1, 0.15) is 6.54 Å². The minimum absolute atomic E-state index is 0.0568. The molecular formula is C7H10ClN3O2. The second-order valence-electron chi connectivity index (χ2n) is 3.16. The van der Waals surface area contributed by atoms with Gasteiger partial charge in [-0.2, -0.15) is 0 Å². The Kier molecular flexibility index (Phi) is 2.87. The van der Waals surface area contributed by atoms with Crippen LogP contribution in [0.3, 0.4) is 0 Å². The molecule has 1 heterocycles. The highest BCUT2D eigenvalue weighted by Gasteiger charge is 2.17. The average molecular weight is 204 g/mol. The van der Waals surface area contributed by atoms with Crippen molar-refractivity contribution >= 4 is 17.4 Å². The molecule has 0 fully saturated rings. The van der Waals surface area contributed by atoms with Crippen LogP contribution in [0.15, 0.2) is 6.07 Å². The third kappa shape index (κ3) is 2.42. The Hall–Kier alpha value is -1.10. The average Bonchev–Trinajstić information content (AvgIpc) is 2.29. The van der Waals surface area contributed by atoms with E-state index < -0.39 is 4.92 Å². The molecule has 1 rings (SSSR count). The molecule has 0 atom stereocenters. The van der Waals surface area contributed by atoms with E-state index in [-0.39, 0.29) is 11.0 Å². The van der Waals surface area contributed by atoms with E-state index in [0.29, 0.717) is 12.5 Å². The summed E-state index contributed by atoms with van der Waals surface area (Å²) in [6.07, 6.45) is 0. The second kappa shape index (κ2) is 3.74. The molecule has 0 radical (unpaired) electrons. The molecule has 0 N–H and O–H groups in total. The molecule has 0 unspecified atom stereocenters. The minimum Gasteiger partial charge on any atom is -0.358 e. The topological polar surface area (TPSA) is 61.0 Å².